The maximum absolute atomic E-state index is 12.6. The summed E-state index contributed by atoms with van der Waals surface area (Å²) in [4.78, 5) is 28.2. The van der Waals surface area contributed by atoms with Crippen LogP contribution >= 0.6 is 0 Å². The number of anilines is 2. The predicted molar refractivity (Wildman–Crippen MR) is 152 cm³/mol. The zero-order valence-electron chi connectivity index (χ0n) is 22.3. The Hall–Kier alpha value is -4.28. The van der Waals surface area contributed by atoms with Crippen molar-refractivity contribution in [2.75, 3.05) is 45.4 Å². The number of pyridine rings is 1. The zero-order chi connectivity index (χ0) is 27.6. The molecule has 0 saturated carbocycles. The molecule has 2 aromatic carbocycles. The molecule has 0 saturated heterocycles. The van der Waals surface area contributed by atoms with E-state index < -0.39 is 0 Å². The molecule has 204 valence electrons. The molecule has 1 amide bonds. The van der Waals surface area contributed by atoms with Crippen molar-refractivity contribution in [1.29, 1.82) is 0 Å². The number of carbonyl (C=O) groups excluding carboxylic acids is 1. The first-order chi connectivity index (χ1) is 19.1. The highest BCUT2D eigenvalue weighted by molar-refractivity contribution is 5.93. The first-order valence-corrected chi connectivity index (χ1v) is 12.9. The minimum Gasteiger partial charge on any atom is -0.497 e. The lowest BCUT2D eigenvalue weighted by molar-refractivity contribution is 0.0948. The topological polar surface area (TPSA) is 136 Å². The maximum Gasteiger partial charge on any atom is 0.269 e. The normalized spacial score (nSPS) is 10.9. The van der Waals surface area contributed by atoms with E-state index in [1.165, 1.54) is 0 Å². The molecule has 39 heavy (non-hydrogen) atoms. The number of methoxy groups -OCH3 is 2. The molecule has 4 rings (SSSR count). The molecule has 0 aliphatic heterocycles. The third-order valence-corrected chi connectivity index (χ3v) is 6.26. The van der Waals surface area contributed by atoms with Gasteiger partial charge in [0.1, 0.15) is 17.2 Å². The van der Waals surface area contributed by atoms with Gasteiger partial charge in [0.15, 0.2) is 0 Å². The Bertz CT molecular complexity index is 1390. The van der Waals surface area contributed by atoms with Crippen LogP contribution in [0.25, 0.3) is 22.3 Å². The molecule has 2 heterocycles. The van der Waals surface area contributed by atoms with Crippen molar-refractivity contribution < 1.29 is 19.4 Å². The van der Waals surface area contributed by atoms with E-state index >= 15 is 0 Å². The van der Waals surface area contributed by atoms with E-state index in [1.54, 1.807) is 44.8 Å². The van der Waals surface area contributed by atoms with Crippen LogP contribution in [0.5, 0.6) is 11.5 Å². The van der Waals surface area contributed by atoms with Crippen LogP contribution in [0.1, 0.15) is 29.8 Å². The highest BCUT2D eigenvalue weighted by atomic mass is 16.5. The molecule has 10 heteroatoms. The second-order valence-corrected chi connectivity index (χ2v) is 8.91. The number of carbonyl (C=O) groups is 1. The van der Waals surface area contributed by atoms with Crippen LogP contribution in [-0.4, -0.2) is 66.4 Å². The number of hydrogen-bond acceptors (Lipinski definition) is 9. The molecule has 2 aromatic heterocycles. The number of aliphatic hydroxyl groups excluding tert-OH is 1. The summed E-state index contributed by atoms with van der Waals surface area (Å²) in [6, 6.07) is 14.8. The molecule has 0 unspecified atom stereocenters. The fourth-order valence-electron chi connectivity index (χ4n) is 4.22. The van der Waals surface area contributed by atoms with Gasteiger partial charge in [0.2, 0.25) is 0 Å². The molecular formula is C29H34N6O4. The van der Waals surface area contributed by atoms with Crippen molar-refractivity contribution in [3.63, 3.8) is 0 Å². The molecule has 0 atom stereocenters. The number of nitrogens with two attached hydrogens (primary N) is 1. The second kappa shape index (κ2) is 13.5. The number of rotatable bonds is 13. The summed E-state index contributed by atoms with van der Waals surface area (Å²) in [5.74, 6) is 1.06. The number of aliphatic hydroxyl groups is 1. The first kappa shape index (κ1) is 27.7. The third kappa shape index (κ3) is 6.98. The van der Waals surface area contributed by atoms with Gasteiger partial charge in [-0.25, -0.2) is 4.98 Å². The van der Waals surface area contributed by atoms with E-state index in [2.05, 4.69) is 15.3 Å². The van der Waals surface area contributed by atoms with E-state index in [9.17, 15) is 9.90 Å². The number of nitrogens with one attached hydrogen (secondary N) is 1. The van der Waals surface area contributed by atoms with Gasteiger partial charge >= 0.3 is 0 Å². The highest BCUT2D eigenvalue weighted by Gasteiger charge is 2.15. The van der Waals surface area contributed by atoms with Gasteiger partial charge in [-0.2, -0.15) is 0 Å². The van der Waals surface area contributed by atoms with Gasteiger partial charge in [0.05, 0.1) is 43.8 Å². The average molecular weight is 531 g/mol. The van der Waals surface area contributed by atoms with Crippen LogP contribution < -0.4 is 25.4 Å². The van der Waals surface area contributed by atoms with E-state index in [-0.39, 0.29) is 12.5 Å². The van der Waals surface area contributed by atoms with Crippen molar-refractivity contribution in [2.24, 2.45) is 5.73 Å². The first-order valence-electron chi connectivity index (χ1n) is 12.9. The lowest BCUT2D eigenvalue weighted by Gasteiger charge is -2.25. The third-order valence-electron chi connectivity index (χ3n) is 6.26. The Morgan fingerprint density at radius 2 is 1.74 bits per heavy atom. The highest BCUT2D eigenvalue weighted by Crippen LogP contribution is 2.34. The SMILES string of the molecule is COc1cc(OC)cc(N(CCO)c2ccc3ncc(-c4ccnc(C(=O)NCCCCCN)c4)nc3c2)c1. The second-order valence-electron chi connectivity index (χ2n) is 8.91. The fourth-order valence-corrected chi connectivity index (χ4v) is 4.22. The van der Waals surface area contributed by atoms with Crippen LogP contribution in [0.2, 0.25) is 0 Å². The van der Waals surface area contributed by atoms with Crippen LogP contribution in [-0.2, 0) is 0 Å². The molecule has 0 bridgehead atoms. The molecule has 4 aromatic rings. The van der Waals surface area contributed by atoms with Crippen molar-refractivity contribution in [3.8, 4) is 22.8 Å². The van der Waals surface area contributed by atoms with Crippen LogP contribution in [0.4, 0.5) is 11.4 Å². The Kier molecular flexibility index (Phi) is 9.60. The fraction of sp³-hybridized carbons (Fsp3) is 0.310. The minimum absolute atomic E-state index is 0.0574. The number of ether oxygens (including phenoxy) is 2. The Balaban J connectivity index is 1.62. The minimum atomic E-state index is -0.228. The van der Waals surface area contributed by atoms with Crippen molar-refractivity contribution in [2.45, 2.75) is 19.3 Å². The van der Waals surface area contributed by atoms with E-state index in [0.29, 0.717) is 48.0 Å². The van der Waals surface area contributed by atoms with Gasteiger partial charge in [-0.3, -0.25) is 14.8 Å². The Morgan fingerprint density at radius 1 is 0.949 bits per heavy atom. The largest absolute Gasteiger partial charge is 0.497 e. The molecule has 0 aliphatic rings. The molecule has 0 fully saturated rings. The smallest absolute Gasteiger partial charge is 0.269 e. The quantitative estimate of drug-likeness (QED) is 0.221. The molecule has 0 radical (unpaired) electrons. The van der Waals surface area contributed by atoms with Gasteiger partial charge < -0.3 is 30.5 Å². The van der Waals surface area contributed by atoms with E-state index in [4.69, 9.17) is 20.2 Å². The van der Waals surface area contributed by atoms with Crippen LogP contribution in [0.3, 0.4) is 0 Å². The van der Waals surface area contributed by atoms with Crippen LogP contribution in [0, 0.1) is 0 Å². The number of aromatic nitrogens is 3. The molecule has 4 N–H and O–H groups in total. The number of nitrogens with zero attached hydrogens (tertiary/aromatic N) is 4. The van der Waals surface area contributed by atoms with Crippen LogP contribution in [0.15, 0.2) is 60.9 Å². The lowest BCUT2D eigenvalue weighted by atomic mass is 10.1. The number of hydrogen-bond donors (Lipinski definition) is 3. The lowest BCUT2D eigenvalue weighted by Crippen LogP contribution is -2.25. The van der Waals surface area contributed by atoms with Gasteiger partial charge in [0, 0.05) is 54.4 Å². The molecule has 0 spiro atoms. The van der Waals surface area contributed by atoms with Gasteiger partial charge in [-0.05, 0) is 49.7 Å². The summed E-state index contributed by atoms with van der Waals surface area (Å²) < 4.78 is 10.9. The maximum atomic E-state index is 12.6. The summed E-state index contributed by atoms with van der Waals surface area (Å²) in [7, 11) is 3.19. The summed E-state index contributed by atoms with van der Waals surface area (Å²) in [5.41, 5.74) is 10.2. The van der Waals surface area contributed by atoms with Gasteiger partial charge in [-0.15, -0.1) is 0 Å². The number of unbranched alkanes of at least 4 members (excludes halogenated alkanes) is 2. The molecule has 0 aliphatic carbocycles. The molecular weight excluding hydrogens is 496 g/mol. The standard InChI is InChI=1S/C29H34N6O4/c1-38-23-15-22(16-24(18-23)39-2)35(12-13-36)21-6-7-25-26(17-21)34-28(19-33-25)20-8-11-31-27(14-20)29(37)32-10-5-3-4-9-30/h6-8,11,14-19,36H,3-5,9-10,12-13,30H2,1-2H3,(H,32,37). The average Bonchev–Trinajstić information content (AvgIpc) is 2.98. The molecule has 10 nitrogen and oxygen atoms in total. The monoisotopic (exact) mass is 530 g/mol. The predicted octanol–water partition coefficient (Wildman–Crippen LogP) is 3.70. The van der Waals surface area contributed by atoms with Gasteiger partial charge in [0.25, 0.3) is 5.91 Å². The zero-order valence-corrected chi connectivity index (χ0v) is 22.3. The number of benzene rings is 2. The summed E-state index contributed by atoms with van der Waals surface area (Å²) in [6.45, 7) is 1.52. The number of amides is 1. The summed E-state index contributed by atoms with van der Waals surface area (Å²) in [5, 5.41) is 12.7. The number of fused-ring (bicyclic) bond motifs is 1. The summed E-state index contributed by atoms with van der Waals surface area (Å²) >= 11 is 0. The summed E-state index contributed by atoms with van der Waals surface area (Å²) in [6.07, 6.45) is 6.07. The van der Waals surface area contributed by atoms with Crippen molar-refractivity contribution in [3.05, 3.63) is 66.6 Å². The van der Waals surface area contributed by atoms with E-state index in [1.807, 2.05) is 35.2 Å². The van der Waals surface area contributed by atoms with E-state index in [0.717, 1.165) is 41.7 Å². The van der Waals surface area contributed by atoms with Crippen molar-refractivity contribution >= 4 is 28.3 Å². The van der Waals surface area contributed by atoms with Gasteiger partial charge in [-0.1, -0.05) is 6.42 Å². The Morgan fingerprint density at radius 3 is 2.46 bits per heavy atom. The van der Waals surface area contributed by atoms with Crippen molar-refractivity contribution in [1.82, 2.24) is 20.3 Å². The Labute approximate surface area is 227 Å².